The second-order valence-corrected chi connectivity index (χ2v) is 4.49. The maximum Gasteiger partial charge on any atom is 0.119 e. The molecule has 1 N–H and O–H groups in total. The number of rotatable bonds is 7. The van der Waals surface area contributed by atoms with Crippen molar-refractivity contribution in [3.8, 4) is 5.75 Å². The molecular formula is C15H24O2. The van der Waals surface area contributed by atoms with Crippen LogP contribution in [0.4, 0.5) is 0 Å². The lowest BCUT2D eigenvalue weighted by molar-refractivity contribution is 0.0167. The second-order valence-electron chi connectivity index (χ2n) is 4.49. The van der Waals surface area contributed by atoms with Gasteiger partial charge in [0.25, 0.3) is 0 Å². The summed E-state index contributed by atoms with van der Waals surface area (Å²) >= 11 is 0. The van der Waals surface area contributed by atoms with Crippen molar-refractivity contribution in [3.05, 3.63) is 29.8 Å². The van der Waals surface area contributed by atoms with Gasteiger partial charge < -0.3 is 9.84 Å². The van der Waals surface area contributed by atoms with E-state index < -0.39 is 5.60 Å². The molecule has 0 aliphatic rings. The van der Waals surface area contributed by atoms with Gasteiger partial charge in [0, 0.05) is 0 Å². The molecule has 0 unspecified atom stereocenters. The van der Waals surface area contributed by atoms with Crippen LogP contribution in [0, 0.1) is 0 Å². The largest absolute Gasteiger partial charge is 0.494 e. The molecule has 0 aliphatic carbocycles. The summed E-state index contributed by atoms with van der Waals surface area (Å²) in [7, 11) is 0. The summed E-state index contributed by atoms with van der Waals surface area (Å²) in [6.45, 7) is 6.83. The van der Waals surface area contributed by atoms with Gasteiger partial charge in [-0.05, 0) is 37.5 Å². The molecule has 0 aromatic heterocycles. The summed E-state index contributed by atoms with van der Waals surface area (Å²) in [4.78, 5) is 0. The minimum Gasteiger partial charge on any atom is -0.494 e. The second kappa shape index (κ2) is 6.65. The Morgan fingerprint density at radius 1 is 1.12 bits per heavy atom. The molecule has 0 saturated heterocycles. The van der Waals surface area contributed by atoms with Crippen LogP contribution in [0.1, 0.15) is 52.0 Å². The van der Waals surface area contributed by atoms with Crippen molar-refractivity contribution in [2.75, 3.05) is 6.61 Å². The highest BCUT2D eigenvalue weighted by atomic mass is 16.5. The highest BCUT2D eigenvalue weighted by Gasteiger charge is 2.27. The minimum atomic E-state index is -0.698. The highest BCUT2D eigenvalue weighted by Crippen LogP contribution is 2.33. The Labute approximate surface area is 105 Å². The van der Waals surface area contributed by atoms with Crippen LogP contribution >= 0.6 is 0 Å². The van der Waals surface area contributed by atoms with Crippen molar-refractivity contribution in [1.82, 2.24) is 0 Å². The zero-order valence-electron chi connectivity index (χ0n) is 11.2. The Morgan fingerprint density at radius 3 is 2.29 bits per heavy atom. The van der Waals surface area contributed by atoms with Crippen molar-refractivity contribution < 1.29 is 9.84 Å². The van der Waals surface area contributed by atoms with Gasteiger partial charge in [-0.2, -0.15) is 0 Å². The van der Waals surface area contributed by atoms with E-state index in [0.717, 1.165) is 37.0 Å². The molecule has 0 spiro atoms. The molecule has 2 nitrogen and oxygen atoms in total. The zero-order valence-corrected chi connectivity index (χ0v) is 11.2. The molecule has 0 aliphatic heterocycles. The predicted octanol–water partition coefficient (Wildman–Crippen LogP) is 3.87. The van der Waals surface area contributed by atoms with Gasteiger partial charge in [-0.1, -0.05) is 38.8 Å². The molecular weight excluding hydrogens is 212 g/mol. The van der Waals surface area contributed by atoms with Crippen molar-refractivity contribution >= 4 is 0 Å². The normalized spacial score (nSPS) is 11.5. The lowest BCUT2D eigenvalue weighted by Crippen LogP contribution is -2.25. The molecule has 2 heteroatoms. The Bertz CT molecular complexity index is 327. The molecule has 17 heavy (non-hydrogen) atoms. The van der Waals surface area contributed by atoms with Crippen LogP contribution in [0.15, 0.2) is 24.3 Å². The zero-order chi connectivity index (χ0) is 12.7. The molecule has 0 amide bonds. The van der Waals surface area contributed by atoms with Crippen LogP contribution in [-0.2, 0) is 5.60 Å². The SMILES string of the molecule is CCCC(O)(CCC)c1cccc(OCC)c1. The van der Waals surface area contributed by atoms with E-state index in [4.69, 9.17) is 4.74 Å². The molecule has 0 fully saturated rings. The molecule has 0 saturated carbocycles. The van der Waals surface area contributed by atoms with Crippen LogP contribution in [0.5, 0.6) is 5.75 Å². The van der Waals surface area contributed by atoms with E-state index in [-0.39, 0.29) is 0 Å². The van der Waals surface area contributed by atoms with Gasteiger partial charge in [0.05, 0.1) is 12.2 Å². The van der Waals surface area contributed by atoms with E-state index in [9.17, 15) is 5.11 Å². The van der Waals surface area contributed by atoms with Crippen molar-refractivity contribution in [1.29, 1.82) is 0 Å². The topological polar surface area (TPSA) is 29.5 Å². The van der Waals surface area contributed by atoms with E-state index in [1.807, 2.05) is 31.2 Å². The van der Waals surface area contributed by atoms with Gasteiger partial charge in [-0.25, -0.2) is 0 Å². The number of hydrogen-bond donors (Lipinski definition) is 1. The first-order valence-electron chi connectivity index (χ1n) is 6.62. The Morgan fingerprint density at radius 2 is 1.76 bits per heavy atom. The first-order valence-corrected chi connectivity index (χ1v) is 6.62. The van der Waals surface area contributed by atoms with Gasteiger partial charge in [-0.3, -0.25) is 0 Å². The minimum absolute atomic E-state index is 0.656. The van der Waals surface area contributed by atoms with Crippen molar-refractivity contribution in [2.24, 2.45) is 0 Å². The van der Waals surface area contributed by atoms with Crippen LogP contribution in [-0.4, -0.2) is 11.7 Å². The smallest absolute Gasteiger partial charge is 0.119 e. The Hall–Kier alpha value is -1.02. The number of ether oxygens (including phenoxy) is 1. The van der Waals surface area contributed by atoms with E-state index in [0.29, 0.717) is 6.61 Å². The van der Waals surface area contributed by atoms with Gasteiger partial charge in [0.2, 0.25) is 0 Å². The summed E-state index contributed by atoms with van der Waals surface area (Å²) in [5.41, 5.74) is 0.281. The van der Waals surface area contributed by atoms with Gasteiger partial charge >= 0.3 is 0 Å². The van der Waals surface area contributed by atoms with Gasteiger partial charge in [-0.15, -0.1) is 0 Å². The summed E-state index contributed by atoms with van der Waals surface area (Å²) in [6, 6.07) is 7.85. The third-order valence-corrected chi connectivity index (χ3v) is 3.01. The summed E-state index contributed by atoms with van der Waals surface area (Å²) in [5.74, 6) is 0.843. The number of hydrogen-bond acceptors (Lipinski definition) is 2. The number of aliphatic hydroxyl groups is 1. The molecule has 1 aromatic carbocycles. The molecule has 96 valence electrons. The first-order chi connectivity index (χ1) is 8.16. The standard InChI is InChI=1S/C15H24O2/c1-4-10-15(16,11-5-2)13-8-7-9-14(12-13)17-6-3/h7-9,12,16H,4-6,10-11H2,1-3H3. The fourth-order valence-electron chi connectivity index (χ4n) is 2.28. The molecule has 0 bridgehead atoms. The third kappa shape index (κ3) is 3.74. The summed E-state index contributed by atoms with van der Waals surface area (Å²) < 4.78 is 5.49. The van der Waals surface area contributed by atoms with E-state index >= 15 is 0 Å². The van der Waals surface area contributed by atoms with Crippen LogP contribution in [0.25, 0.3) is 0 Å². The first kappa shape index (κ1) is 14.0. The van der Waals surface area contributed by atoms with Crippen LogP contribution < -0.4 is 4.74 Å². The lowest BCUT2D eigenvalue weighted by Gasteiger charge is -2.28. The number of benzene rings is 1. The summed E-state index contributed by atoms with van der Waals surface area (Å²) in [5, 5.41) is 10.7. The summed E-state index contributed by atoms with van der Waals surface area (Å²) in [6.07, 6.45) is 3.57. The average molecular weight is 236 g/mol. The molecule has 0 heterocycles. The Kier molecular flexibility index (Phi) is 5.49. The molecule has 1 aromatic rings. The maximum absolute atomic E-state index is 10.7. The van der Waals surface area contributed by atoms with E-state index in [1.54, 1.807) is 0 Å². The van der Waals surface area contributed by atoms with E-state index in [2.05, 4.69) is 13.8 Å². The van der Waals surface area contributed by atoms with Gasteiger partial charge in [0.15, 0.2) is 0 Å². The molecule has 1 rings (SSSR count). The van der Waals surface area contributed by atoms with E-state index in [1.165, 1.54) is 0 Å². The Balaban J connectivity index is 2.96. The predicted molar refractivity (Wildman–Crippen MR) is 71.3 cm³/mol. The van der Waals surface area contributed by atoms with Crippen LogP contribution in [0.2, 0.25) is 0 Å². The average Bonchev–Trinajstić information content (AvgIpc) is 2.30. The monoisotopic (exact) mass is 236 g/mol. The molecule has 0 atom stereocenters. The highest BCUT2D eigenvalue weighted by molar-refractivity contribution is 5.32. The van der Waals surface area contributed by atoms with Crippen LogP contribution in [0.3, 0.4) is 0 Å². The third-order valence-electron chi connectivity index (χ3n) is 3.01. The van der Waals surface area contributed by atoms with Gasteiger partial charge in [0.1, 0.15) is 5.75 Å². The fourth-order valence-corrected chi connectivity index (χ4v) is 2.28. The quantitative estimate of drug-likeness (QED) is 0.778. The fraction of sp³-hybridized carbons (Fsp3) is 0.600. The van der Waals surface area contributed by atoms with Crippen molar-refractivity contribution in [3.63, 3.8) is 0 Å². The molecule has 0 radical (unpaired) electrons. The van der Waals surface area contributed by atoms with Crippen molar-refractivity contribution in [2.45, 2.75) is 52.1 Å². The maximum atomic E-state index is 10.7. The lowest BCUT2D eigenvalue weighted by atomic mass is 9.85.